The first-order valence-corrected chi connectivity index (χ1v) is 5.95. The molecular weight excluding hydrogens is 232 g/mol. The number of pyridine rings is 1. The van der Waals surface area contributed by atoms with E-state index in [0.29, 0.717) is 12.2 Å². The van der Waals surface area contributed by atoms with Crippen molar-refractivity contribution >= 4 is 5.84 Å². The summed E-state index contributed by atoms with van der Waals surface area (Å²) in [5.41, 5.74) is 6.92. The van der Waals surface area contributed by atoms with Gasteiger partial charge in [-0.15, -0.1) is 0 Å². The molecule has 0 aromatic carbocycles. The third-order valence-corrected chi connectivity index (χ3v) is 2.68. The first kappa shape index (κ1) is 14.4. The van der Waals surface area contributed by atoms with Gasteiger partial charge in [-0.2, -0.15) is 0 Å². The highest BCUT2D eigenvalue weighted by Gasteiger charge is 2.09. The SMILES string of the molecule is CC(CCCO)NCc1cccnc1C(N)=NO. The molecule has 0 bridgehead atoms. The molecule has 1 rings (SSSR count). The lowest BCUT2D eigenvalue weighted by atomic mass is 10.1. The fourth-order valence-corrected chi connectivity index (χ4v) is 1.64. The van der Waals surface area contributed by atoms with Crippen molar-refractivity contribution < 1.29 is 10.3 Å². The molecule has 18 heavy (non-hydrogen) atoms. The molecule has 6 heteroatoms. The third kappa shape index (κ3) is 4.31. The van der Waals surface area contributed by atoms with E-state index in [1.165, 1.54) is 0 Å². The summed E-state index contributed by atoms with van der Waals surface area (Å²) >= 11 is 0. The van der Waals surface area contributed by atoms with Gasteiger partial charge in [0.1, 0.15) is 5.69 Å². The summed E-state index contributed by atoms with van der Waals surface area (Å²) in [4.78, 5) is 4.09. The molecule has 1 aromatic heterocycles. The molecule has 0 spiro atoms. The topological polar surface area (TPSA) is 104 Å². The van der Waals surface area contributed by atoms with Crippen molar-refractivity contribution in [1.29, 1.82) is 0 Å². The first-order valence-electron chi connectivity index (χ1n) is 5.95. The van der Waals surface area contributed by atoms with Crippen molar-refractivity contribution in [3.05, 3.63) is 29.6 Å². The van der Waals surface area contributed by atoms with E-state index in [1.807, 2.05) is 12.1 Å². The van der Waals surface area contributed by atoms with Crippen molar-refractivity contribution in [2.24, 2.45) is 10.9 Å². The van der Waals surface area contributed by atoms with Crippen LogP contribution >= 0.6 is 0 Å². The van der Waals surface area contributed by atoms with Gasteiger partial charge < -0.3 is 21.4 Å². The van der Waals surface area contributed by atoms with Gasteiger partial charge in [0.05, 0.1) is 0 Å². The zero-order chi connectivity index (χ0) is 13.4. The summed E-state index contributed by atoms with van der Waals surface area (Å²) in [5.74, 6) is 0.00964. The predicted octanol–water partition coefficient (Wildman–Crippen LogP) is 0.427. The van der Waals surface area contributed by atoms with E-state index in [4.69, 9.17) is 16.0 Å². The van der Waals surface area contributed by atoms with Gasteiger partial charge in [-0.25, -0.2) is 0 Å². The van der Waals surface area contributed by atoms with E-state index < -0.39 is 0 Å². The highest BCUT2D eigenvalue weighted by molar-refractivity contribution is 5.96. The maximum atomic E-state index is 8.75. The van der Waals surface area contributed by atoms with Gasteiger partial charge >= 0.3 is 0 Å². The molecule has 1 unspecified atom stereocenters. The van der Waals surface area contributed by atoms with Crippen molar-refractivity contribution in [2.45, 2.75) is 32.4 Å². The highest BCUT2D eigenvalue weighted by Crippen LogP contribution is 2.06. The van der Waals surface area contributed by atoms with Crippen molar-refractivity contribution in [2.75, 3.05) is 6.61 Å². The fraction of sp³-hybridized carbons (Fsp3) is 0.500. The van der Waals surface area contributed by atoms with Crippen LogP contribution in [-0.2, 0) is 6.54 Å². The lowest BCUT2D eigenvalue weighted by Gasteiger charge is -2.14. The second-order valence-electron chi connectivity index (χ2n) is 4.14. The number of aliphatic hydroxyl groups is 1. The maximum Gasteiger partial charge on any atom is 0.189 e. The lowest BCUT2D eigenvalue weighted by Crippen LogP contribution is -2.27. The fourth-order valence-electron chi connectivity index (χ4n) is 1.64. The maximum absolute atomic E-state index is 8.75. The number of hydrogen-bond donors (Lipinski definition) is 4. The molecule has 1 heterocycles. The summed E-state index contributed by atoms with van der Waals surface area (Å²) in [6.45, 7) is 2.84. The molecule has 0 aliphatic heterocycles. The van der Waals surface area contributed by atoms with Crippen LogP contribution in [0, 0.1) is 0 Å². The summed E-state index contributed by atoms with van der Waals surface area (Å²) in [5, 5.41) is 23.7. The smallest absolute Gasteiger partial charge is 0.189 e. The van der Waals surface area contributed by atoms with Gasteiger partial charge in [-0.1, -0.05) is 11.2 Å². The number of aromatic nitrogens is 1. The largest absolute Gasteiger partial charge is 0.409 e. The van der Waals surface area contributed by atoms with Crippen LogP contribution in [0.15, 0.2) is 23.5 Å². The lowest BCUT2D eigenvalue weighted by molar-refractivity contribution is 0.276. The molecule has 0 aliphatic carbocycles. The number of rotatable bonds is 7. The van der Waals surface area contributed by atoms with Gasteiger partial charge in [0.15, 0.2) is 5.84 Å². The Morgan fingerprint density at radius 3 is 3.06 bits per heavy atom. The molecular formula is C12H20N4O2. The quantitative estimate of drug-likeness (QED) is 0.244. The first-order chi connectivity index (χ1) is 8.69. The summed E-state index contributed by atoms with van der Waals surface area (Å²) < 4.78 is 0. The normalized spacial score (nSPS) is 13.6. The van der Waals surface area contributed by atoms with Gasteiger partial charge in [0.25, 0.3) is 0 Å². The Kier molecular flexibility index (Phi) is 6.10. The Labute approximate surface area is 107 Å². The minimum Gasteiger partial charge on any atom is -0.409 e. The highest BCUT2D eigenvalue weighted by atomic mass is 16.4. The molecule has 0 fully saturated rings. The molecule has 1 atom stereocenters. The summed E-state index contributed by atoms with van der Waals surface area (Å²) in [6, 6.07) is 3.98. The molecule has 0 saturated carbocycles. The zero-order valence-electron chi connectivity index (χ0n) is 10.5. The van der Waals surface area contributed by atoms with E-state index >= 15 is 0 Å². The monoisotopic (exact) mass is 252 g/mol. The molecule has 5 N–H and O–H groups in total. The number of amidine groups is 1. The number of nitrogens with one attached hydrogen (secondary N) is 1. The van der Waals surface area contributed by atoms with Crippen LogP contribution < -0.4 is 11.1 Å². The van der Waals surface area contributed by atoms with Crippen molar-refractivity contribution in [3.8, 4) is 0 Å². The van der Waals surface area contributed by atoms with E-state index in [2.05, 4.69) is 22.4 Å². The Balaban J connectivity index is 2.62. The minimum atomic E-state index is 0.00964. The molecule has 0 saturated heterocycles. The predicted molar refractivity (Wildman–Crippen MR) is 69.4 cm³/mol. The van der Waals surface area contributed by atoms with E-state index in [0.717, 1.165) is 18.4 Å². The Hall–Kier alpha value is -1.66. The summed E-state index contributed by atoms with van der Waals surface area (Å²) in [6.07, 6.45) is 3.27. The van der Waals surface area contributed by atoms with E-state index in [9.17, 15) is 0 Å². The van der Waals surface area contributed by atoms with Crippen LogP contribution in [0.2, 0.25) is 0 Å². The average molecular weight is 252 g/mol. The number of nitrogens with zero attached hydrogens (tertiary/aromatic N) is 2. The molecule has 0 radical (unpaired) electrons. The minimum absolute atomic E-state index is 0.00964. The van der Waals surface area contributed by atoms with Gasteiger partial charge in [-0.05, 0) is 31.4 Å². The number of hydrogen-bond acceptors (Lipinski definition) is 5. The number of aliphatic hydroxyl groups excluding tert-OH is 1. The van der Waals surface area contributed by atoms with Gasteiger partial charge in [-0.3, -0.25) is 4.98 Å². The molecule has 0 aliphatic rings. The van der Waals surface area contributed by atoms with E-state index in [-0.39, 0.29) is 18.5 Å². The molecule has 0 amide bonds. The van der Waals surface area contributed by atoms with Crippen LogP contribution in [-0.4, -0.2) is 33.8 Å². The average Bonchev–Trinajstić information content (AvgIpc) is 2.42. The second kappa shape index (κ2) is 7.62. The van der Waals surface area contributed by atoms with Crippen LogP contribution in [0.5, 0.6) is 0 Å². The summed E-state index contributed by atoms with van der Waals surface area (Å²) in [7, 11) is 0. The van der Waals surface area contributed by atoms with Gasteiger partial charge in [0.2, 0.25) is 0 Å². The van der Waals surface area contributed by atoms with Gasteiger partial charge in [0, 0.05) is 25.4 Å². The third-order valence-electron chi connectivity index (χ3n) is 2.68. The van der Waals surface area contributed by atoms with Crippen LogP contribution in [0.25, 0.3) is 0 Å². The Bertz CT molecular complexity index is 395. The Morgan fingerprint density at radius 1 is 1.61 bits per heavy atom. The van der Waals surface area contributed by atoms with E-state index in [1.54, 1.807) is 6.20 Å². The molecule has 1 aromatic rings. The second-order valence-corrected chi connectivity index (χ2v) is 4.14. The van der Waals surface area contributed by atoms with Crippen LogP contribution in [0.1, 0.15) is 31.0 Å². The molecule has 6 nitrogen and oxygen atoms in total. The molecule has 100 valence electrons. The number of nitrogens with two attached hydrogens (primary N) is 1. The number of oxime groups is 1. The standard InChI is InChI=1S/C12H20N4O2/c1-9(4-3-7-17)15-8-10-5-2-6-14-11(10)12(13)16-18/h2,5-6,9,15,17-18H,3-4,7-8H2,1H3,(H2,13,16). The van der Waals surface area contributed by atoms with Crippen LogP contribution in [0.3, 0.4) is 0 Å². The van der Waals surface area contributed by atoms with Crippen LogP contribution in [0.4, 0.5) is 0 Å². The van der Waals surface area contributed by atoms with Crippen molar-refractivity contribution in [3.63, 3.8) is 0 Å². The Morgan fingerprint density at radius 2 is 2.39 bits per heavy atom. The zero-order valence-corrected chi connectivity index (χ0v) is 10.5. The van der Waals surface area contributed by atoms with Crippen molar-refractivity contribution in [1.82, 2.24) is 10.3 Å².